The number of halogens is 2. The smallest absolute Gasteiger partial charge is 0.137 e. The molecule has 0 fully saturated rings. The van der Waals surface area contributed by atoms with Crippen molar-refractivity contribution < 1.29 is 4.39 Å². The van der Waals surface area contributed by atoms with Crippen molar-refractivity contribution in [3.63, 3.8) is 0 Å². The van der Waals surface area contributed by atoms with Crippen molar-refractivity contribution in [2.45, 2.75) is 32.2 Å². The van der Waals surface area contributed by atoms with E-state index in [0.717, 1.165) is 31.4 Å². The topological polar surface area (TPSA) is 12.0 Å². The quantitative estimate of drug-likeness (QED) is 0.760. The normalized spacial score (nSPS) is 12.3. The zero-order valence-electron chi connectivity index (χ0n) is 12.3. The summed E-state index contributed by atoms with van der Waals surface area (Å²) in [7, 11) is 0. The van der Waals surface area contributed by atoms with Gasteiger partial charge in [0.2, 0.25) is 0 Å². The first-order chi connectivity index (χ1) is 10.2. The van der Waals surface area contributed by atoms with Crippen LogP contribution < -0.4 is 5.32 Å². The molecule has 0 bridgehead atoms. The molecule has 1 atom stereocenters. The Bertz CT molecular complexity index is 556. The average Bonchev–Trinajstić information content (AvgIpc) is 2.50. The van der Waals surface area contributed by atoms with E-state index >= 15 is 0 Å². The largest absolute Gasteiger partial charge is 0.313 e. The molecule has 1 nitrogen and oxygen atoms in total. The van der Waals surface area contributed by atoms with Gasteiger partial charge in [-0.05, 0) is 58.9 Å². The van der Waals surface area contributed by atoms with Crippen LogP contribution in [-0.2, 0) is 12.8 Å². The molecule has 0 spiro atoms. The van der Waals surface area contributed by atoms with Crippen LogP contribution in [-0.4, -0.2) is 12.6 Å². The van der Waals surface area contributed by atoms with Gasteiger partial charge in [0.1, 0.15) is 5.82 Å². The molecule has 2 rings (SSSR count). The summed E-state index contributed by atoms with van der Waals surface area (Å²) in [5.74, 6) is -0.193. The van der Waals surface area contributed by atoms with Gasteiger partial charge in [-0.1, -0.05) is 49.4 Å². The molecular formula is C18H21BrFN. The van der Waals surface area contributed by atoms with Gasteiger partial charge in [-0.25, -0.2) is 4.39 Å². The molecule has 21 heavy (non-hydrogen) atoms. The number of benzene rings is 2. The maximum absolute atomic E-state index is 13.6. The molecule has 1 unspecified atom stereocenters. The van der Waals surface area contributed by atoms with Crippen LogP contribution in [0.5, 0.6) is 0 Å². The van der Waals surface area contributed by atoms with Gasteiger partial charge >= 0.3 is 0 Å². The third-order valence-corrected chi connectivity index (χ3v) is 4.39. The fourth-order valence-electron chi connectivity index (χ4n) is 2.44. The Morgan fingerprint density at radius 3 is 2.52 bits per heavy atom. The number of rotatable bonds is 7. The van der Waals surface area contributed by atoms with Crippen LogP contribution >= 0.6 is 15.9 Å². The molecule has 2 aromatic carbocycles. The van der Waals surface area contributed by atoms with E-state index in [9.17, 15) is 4.39 Å². The summed E-state index contributed by atoms with van der Waals surface area (Å²) in [6, 6.07) is 16.0. The van der Waals surface area contributed by atoms with Crippen molar-refractivity contribution in [2.75, 3.05) is 6.54 Å². The second kappa shape index (κ2) is 8.30. The lowest BCUT2D eigenvalue weighted by Gasteiger charge is -2.19. The summed E-state index contributed by atoms with van der Waals surface area (Å²) >= 11 is 3.36. The Balaban J connectivity index is 2.10. The summed E-state index contributed by atoms with van der Waals surface area (Å²) in [6.45, 7) is 3.13. The van der Waals surface area contributed by atoms with Crippen LogP contribution in [0.4, 0.5) is 4.39 Å². The van der Waals surface area contributed by atoms with E-state index in [1.807, 2.05) is 12.1 Å². The van der Waals surface area contributed by atoms with Crippen LogP contribution in [0.1, 0.15) is 24.5 Å². The highest BCUT2D eigenvalue weighted by Crippen LogP contribution is 2.22. The second-order valence-electron chi connectivity index (χ2n) is 5.26. The van der Waals surface area contributed by atoms with Crippen molar-refractivity contribution in [3.05, 3.63) is 69.9 Å². The highest BCUT2D eigenvalue weighted by molar-refractivity contribution is 9.10. The van der Waals surface area contributed by atoms with Crippen molar-refractivity contribution in [1.82, 2.24) is 5.32 Å². The zero-order valence-corrected chi connectivity index (χ0v) is 13.9. The van der Waals surface area contributed by atoms with E-state index in [1.165, 1.54) is 11.6 Å². The maximum atomic E-state index is 13.6. The fraction of sp³-hybridized carbons (Fsp3) is 0.333. The Labute approximate surface area is 134 Å². The van der Waals surface area contributed by atoms with Crippen molar-refractivity contribution >= 4 is 15.9 Å². The highest BCUT2D eigenvalue weighted by Gasteiger charge is 2.13. The first kappa shape index (κ1) is 16.2. The highest BCUT2D eigenvalue weighted by atomic mass is 79.9. The third-order valence-electron chi connectivity index (χ3n) is 3.51. The number of hydrogen-bond donors (Lipinski definition) is 1. The Morgan fingerprint density at radius 2 is 1.81 bits per heavy atom. The van der Waals surface area contributed by atoms with Gasteiger partial charge in [0.15, 0.2) is 0 Å². The Morgan fingerprint density at radius 1 is 1.05 bits per heavy atom. The van der Waals surface area contributed by atoms with Gasteiger partial charge < -0.3 is 5.32 Å². The predicted octanol–water partition coefficient (Wildman–Crippen LogP) is 4.74. The van der Waals surface area contributed by atoms with Crippen LogP contribution in [0.25, 0.3) is 0 Å². The lowest BCUT2D eigenvalue weighted by molar-refractivity contribution is 0.502. The minimum Gasteiger partial charge on any atom is -0.313 e. The number of nitrogens with one attached hydrogen (secondary N) is 1. The van der Waals surface area contributed by atoms with E-state index in [4.69, 9.17) is 0 Å². The molecule has 0 radical (unpaired) electrons. The third kappa shape index (κ3) is 4.94. The van der Waals surface area contributed by atoms with Gasteiger partial charge in [0, 0.05) is 6.04 Å². The van der Waals surface area contributed by atoms with Crippen LogP contribution in [0.3, 0.4) is 0 Å². The first-order valence-corrected chi connectivity index (χ1v) is 8.20. The molecule has 0 aromatic heterocycles. The lowest BCUT2D eigenvalue weighted by atomic mass is 9.99. The van der Waals surface area contributed by atoms with Gasteiger partial charge in [-0.15, -0.1) is 0 Å². The summed E-state index contributed by atoms with van der Waals surface area (Å²) in [5.41, 5.74) is 2.32. The molecule has 3 heteroatoms. The molecule has 0 saturated carbocycles. The summed E-state index contributed by atoms with van der Waals surface area (Å²) in [5, 5.41) is 3.57. The fourth-order valence-corrected chi connectivity index (χ4v) is 2.86. The Hall–Kier alpha value is -1.19. The summed E-state index contributed by atoms with van der Waals surface area (Å²) in [6.07, 6.45) is 2.85. The minimum absolute atomic E-state index is 0.193. The van der Waals surface area contributed by atoms with Crippen molar-refractivity contribution in [3.8, 4) is 0 Å². The van der Waals surface area contributed by atoms with Gasteiger partial charge in [0.05, 0.1) is 4.47 Å². The summed E-state index contributed by atoms with van der Waals surface area (Å²) < 4.78 is 14.2. The maximum Gasteiger partial charge on any atom is 0.137 e. The molecule has 0 saturated heterocycles. The van der Waals surface area contributed by atoms with Crippen LogP contribution in [0.2, 0.25) is 0 Å². The Kier molecular flexibility index (Phi) is 6.40. The van der Waals surface area contributed by atoms with E-state index < -0.39 is 0 Å². The molecular weight excluding hydrogens is 329 g/mol. The van der Waals surface area contributed by atoms with Gasteiger partial charge in [-0.3, -0.25) is 0 Å². The van der Waals surface area contributed by atoms with Crippen molar-refractivity contribution in [2.24, 2.45) is 0 Å². The number of hydrogen-bond acceptors (Lipinski definition) is 1. The molecule has 0 aliphatic heterocycles. The SMILES string of the molecule is CCCNC(Cc1ccccc1)Cc1cccc(F)c1Br. The molecule has 0 aliphatic rings. The van der Waals surface area contributed by atoms with E-state index in [0.29, 0.717) is 10.5 Å². The predicted molar refractivity (Wildman–Crippen MR) is 90.0 cm³/mol. The molecule has 0 heterocycles. The molecule has 0 aliphatic carbocycles. The summed E-state index contributed by atoms with van der Waals surface area (Å²) in [4.78, 5) is 0. The van der Waals surface area contributed by atoms with Crippen LogP contribution in [0.15, 0.2) is 53.0 Å². The average molecular weight is 350 g/mol. The van der Waals surface area contributed by atoms with E-state index in [1.54, 1.807) is 6.07 Å². The van der Waals surface area contributed by atoms with E-state index in [2.05, 4.69) is 52.4 Å². The molecule has 0 amide bonds. The van der Waals surface area contributed by atoms with Crippen LogP contribution in [0, 0.1) is 5.82 Å². The molecule has 2 aromatic rings. The second-order valence-corrected chi connectivity index (χ2v) is 6.05. The zero-order chi connectivity index (χ0) is 15.1. The van der Waals surface area contributed by atoms with Gasteiger partial charge in [-0.2, -0.15) is 0 Å². The lowest BCUT2D eigenvalue weighted by Crippen LogP contribution is -2.34. The van der Waals surface area contributed by atoms with Crippen molar-refractivity contribution in [1.29, 1.82) is 0 Å². The molecule has 112 valence electrons. The standard InChI is InChI=1S/C18H21BrFN/c1-2-11-21-16(12-14-7-4-3-5-8-14)13-15-9-6-10-17(20)18(15)19/h3-10,16,21H,2,11-13H2,1H3. The minimum atomic E-state index is -0.193. The molecule has 1 N–H and O–H groups in total. The first-order valence-electron chi connectivity index (χ1n) is 7.41. The monoisotopic (exact) mass is 349 g/mol. The van der Waals surface area contributed by atoms with E-state index in [-0.39, 0.29) is 5.82 Å². The van der Waals surface area contributed by atoms with Gasteiger partial charge in [0.25, 0.3) is 0 Å².